The first-order valence-corrected chi connectivity index (χ1v) is 6.71. The maximum absolute atomic E-state index is 5.96. The number of hydrogen-bond donors (Lipinski definition) is 1. The van der Waals surface area contributed by atoms with Crippen molar-refractivity contribution in [2.24, 2.45) is 5.73 Å². The van der Waals surface area contributed by atoms with Crippen LogP contribution in [0.4, 0.5) is 0 Å². The first-order chi connectivity index (χ1) is 9.57. The van der Waals surface area contributed by atoms with Crippen molar-refractivity contribution < 1.29 is 14.2 Å². The lowest BCUT2D eigenvalue weighted by Gasteiger charge is -2.32. The van der Waals surface area contributed by atoms with Crippen molar-refractivity contribution in [2.45, 2.75) is 19.0 Å². The van der Waals surface area contributed by atoms with E-state index in [2.05, 4.69) is 11.8 Å². The van der Waals surface area contributed by atoms with E-state index in [4.69, 9.17) is 19.9 Å². The van der Waals surface area contributed by atoms with Crippen molar-refractivity contribution in [3.8, 4) is 11.5 Å². The van der Waals surface area contributed by atoms with E-state index in [-0.39, 0.29) is 12.1 Å². The molecule has 0 aromatic heterocycles. The molecule has 0 fully saturated rings. The second-order valence-electron chi connectivity index (χ2n) is 4.87. The van der Waals surface area contributed by atoms with Crippen LogP contribution in [0, 0.1) is 0 Å². The lowest BCUT2D eigenvalue weighted by Crippen LogP contribution is -2.39. The third-order valence-corrected chi connectivity index (χ3v) is 3.58. The molecule has 0 saturated heterocycles. The summed E-state index contributed by atoms with van der Waals surface area (Å²) >= 11 is 0. The Morgan fingerprint density at radius 3 is 2.05 bits per heavy atom. The third kappa shape index (κ3) is 4.10. The molecule has 0 spiro atoms. The van der Waals surface area contributed by atoms with E-state index in [1.54, 1.807) is 21.3 Å². The van der Waals surface area contributed by atoms with Gasteiger partial charge in [-0.25, -0.2) is 0 Å². The van der Waals surface area contributed by atoms with Crippen LogP contribution in [0.5, 0.6) is 11.5 Å². The predicted molar refractivity (Wildman–Crippen MR) is 80.4 cm³/mol. The van der Waals surface area contributed by atoms with Crippen LogP contribution in [0.25, 0.3) is 0 Å². The minimum absolute atomic E-state index is 0.0872. The van der Waals surface area contributed by atoms with Crippen molar-refractivity contribution in [2.75, 3.05) is 41.5 Å². The predicted octanol–water partition coefficient (Wildman–Crippen LogP) is 1.67. The Bertz CT molecular complexity index is 390. The van der Waals surface area contributed by atoms with Gasteiger partial charge in [-0.15, -0.1) is 0 Å². The zero-order valence-corrected chi connectivity index (χ0v) is 13.1. The number of hydrogen-bond acceptors (Lipinski definition) is 5. The molecule has 114 valence electrons. The van der Waals surface area contributed by atoms with Crippen molar-refractivity contribution in [3.63, 3.8) is 0 Å². The maximum Gasteiger partial charge on any atom is 0.122 e. The molecule has 1 aromatic carbocycles. The summed E-state index contributed by atoms with van der Waals surface area (Å²) in [6.07, 6.45) is 0. The van der Waals surface area contributed by atoms with Gasteiger partial charge in [0, 0.05) is 31.8 Å². The van der Waals surface area contributed by atoms with Gasteiger partial charge in [0.15, 0.2) is 0 Å². The topological polar surface area (TPSA) is 57.0 Å². The lowest BCUT2D eigenvalue weighted by molar-refractivity contribution is 0.0909. The van der Waals surface area contributed by atoms with Gasteiger partial charge < -0.3 is 19.9 Å². The molecule has 2 atom stereocenters. The van der Waals surface area contributed by atoms with E-state index < -0.39 is 0 Å². The Labute approximate surface area is 121 Å². The standard InChI is InChI=1S/C15H26N2O3/c1-11(10-18-3)17(2)15(9-16)12-6-13(19-4)8-14(7-12)20-5/h6-8,11,15H,9-10,16H2,1-5H3. The van der Waals surface area contributed by atoms with Gasteiger partial charge >= 0.3 is 0 Å². The number of ether oxygens (including phenoxy) is 3. The first kappa shape index (κ1) is 16.8. The average molecular weight is 282 g/mol. The summed E-state index contributed by atoms with van der Waals surface area (Å²) < 4.78 is 15.8. The van der Waals surface area contributed by atoms with Gasteiger partial charge in [0.05, 0.1) is 20.8 Å². The highest BCUT2D eigenvalue weighted by Gasteiger charge is 2.21. The Kier molecular flexibility index (Phi) is 6.78. The second-order valence-corrected chi connectivity index (χ2v) is 4.87. The fourth-order valence-electron chi connectivity index (χ4n) is 2.23. The van der Waals surface area contributed by atoms with E-state index in [9.17, 15) is 0 Å². The number of nitrogens with two attached hydrogens (primary N) is 1. The average Bonchev–Trinajstić information content (AvgIpc) is 2.47. The number of nitrogens with zero attached hydrogens (tertiary/aromatic N) is 1. The third-order valence-electron chi connectivity index (χ3n) is 3.58. The summed E-state index contributed by atoms with van der Waals surface area (Å²) in [6, 6.07) is 6.21. The van der Waals surface area contributed by atoms with Crippen molar-refractivity contribution >= 4 is 0 Å². The van der Waals surface area contributed by atoms with Crippen molar-refractivity contribution in [3.05, 3.63) is 23.8 Å². The molecule has 1 aromatic rings. The molecule has 0 amide bonds. The van der Waals surface area contributed by atoms with Gasteiger partial charge in [0.2, 0.25) is 0 Å². The van der Waals surface area contributed by atoms with Crippen LogP contribution in [0.3, 0.4) is 0 Å². The fraction of sp³-hybridized carbons (Fsp3) is 0.600. The van der Waals surface area contributed by atoms with Crippen LogP contribution in [-0.2, 0) is 4.74 Å². The Balaban J connectivity index is 3.04. The zero-order chi connectivity index (χ0) is 15.1. The van der Waals surface area contributed by atoms with Crippen LogP contribution < -0.4 is 15.2 Å². The first-order valence-electron chi connectivity index (χ1n) is 6.71. The largest absolute Gasteiger partial charge is 0.497 e. The van der Waals surface area contributed by atoms with E-state index in [0.717, 1.165) is 17.1 Å². The van der Waals surface area contributed by atoms with E-state index in [1.807, 2.05) is 25.2 Å². The van der Waals surface area contributed by atoms with E-state index >= 15 is 0 Å². The highest BCUT2D eigenvalue weighted by Crippen LogP contribution is 2.29. The number of likely N-dealkylation sites (N-methyl/N-ethyl adjacent to an activating group) is 1. The monoisotopic (exact) mass is 282 g/mol. The number of rotatable bonds is 8. The molecule has 5 heteroatoms. The summed E-state index contributed by atoms with van der Waals surface area (Å²) in [4.78, 5) is 2.21. The molecule has 0 bridgehead atoms. The molecule has 0 saturated carbocycles. The molecule has 20 heavy (non-hydrogen) atoms. The van der Waals surface area contributed by atoms with Crippen molar-refractivity contribution in [1.29, 1.82) is 0 Å². The summed E-state index contributed by atoms with van der Waals surface area (Å²) in [6.45, 7) is 3.29. The molecule has 0 aliphatic carbocycles. The molecule has 2 N–H and O–H groups in total. The maximum atomic E-state index is 5.96. The molecule has 1 rings (SSSR count). The van der Waals surface area contributed by atoms with Crippen LogP contribution in [0.2, 0.25) is 0 Å². The molecular formula is C15H26N2O3. The molecule has 0 aliphatic heterocycles. The Morgan fingerprint density at radius 2 is 1.65 bits per heavy atom. The highest BCUT2D eigenvalue weighted by molar-refractivity contribution is 5.40. The number of methoxy groups -OCH3 is 3. The molecule has 2 unspecified atom stereocenters. The zero-order valence-electron chi connectivity index (χ0n) is 13.1. The number of benzene rings is 1. The molecule has 0 radical (unpaired) electrons. The highest BCUT2D eigenvalue weighted by atomic mass is 16.5. The minimum Gasteiger partial charge on any atom is -0.497 e. The summed E-state index contributed by atoms with van der Waals surface area (Å²) in [5.41, 5.74) is 7.04. The molecular weight excluding hydrogens is 256 g/mol. The smallest absolute Gasteiger partial charge is 0.122 e. The minimum atomic E-state index is 0.0872. The van der Waals surface area contributed by atoms with Crippen LogP contribution in [0.15, 0.2) is 18.2 Å². The Morgan fingerprint density at radius 1 is 1.10 bits per heavy atom. The van der Waals surface area contributed by atoms with E-state index in [0.29, 0.717) is 13.2 Å². The van der Waals surface area contributed by atoms with Crippen LogP contribution in [0.1, 0.15) is 18.5 Å². The normalized spacial score (nSPS) is 14.2. The van der Waals surface area contributed by atoms with Gasteiger partial charge in [0.25, 0.3) is 0 Å². The van der Waals surface area contributed by atoms with Gasteiger partial charge in [-0.1, -0.05) is 0 Å². The van der Waals surface area contributed by atoms with E-state index in [1.165, 1.54) is 0 Å². The Hall–Kier alpha value is -1.30. The van der Waals surface area contributed by atoms with Gasteiger partial charge in [0.1, 0.15) is 11.5 Å². The summed E-state index contributed by atoms with van der Waals surface area (Å²) in [7, 11) is 7.05. The lowest BCUT2D eigenvalue weighted by atomic mass is 10.0. The van der Waals surface area contributed by atoms with Crippen molar-refractivity contribution in [1.82, 2.24) is 4.90 Å². The molecule has 0 aliphatic rings. The van der Waals surface area contributed by atoms with Crippen LogP contribution >= 0.6 is 0 Å². The van der Waals surface area contributed by atoms with Gasteiger partial charge in [-0.3, -0.25) is 4.90 Å². The molecule has 5 nitrogen and oxygen atoms in total. The second kappa shape index (κ2) is 8.09. The fourth-order valence-corrected chi connectivity index (χ4v) is 2.23. The van der Waals surface area contributed by atoms with Crippen LogP contribution in [-0.4, -0.2) is 52.5 Å². The summed E-state index contributed by atoms with van der Waals surface area (Å²) in [5, 5.41) is 0. The van der Waals surface area contributed by atoms with Gasteiger partial charge in [-0.05, 0) is 31.7 Å². The summed E-state index contributed by atoms with van der Waals surface area (Å²) in [5.74, 6) is 1.54. The quantitative estimate of drug-likeness (QED) is 0.786. The SMILES string of the molecule is COCC(C)N(C)C(CN)c1cc(OC)cc(OC)c1. The van der Waals surface area contributed by atoms with Gasteiger partial charge in [-0.2, -0.15) is 0 Å². The molecule has 0 heterocycles.